The molecule has 0 atom stereocenters. The molecule has 0 aliphatic heterocycles. The molecule has 0 spiro atoms. The number of rotatable bonds is 2. The third kappa shape index (κ3) is 4.63. The highest BCUT2D eigenvalue weighted by Gasteiger charge is 2.21. The molecule has 1 saturated carbocycles. The van der Waals surface area contributed by atoms with E-state index < -0.39 is 0 Å². The van der Waals surface area contributed by atoms with Crippen molar-refractivity contribution in [3.05, 3.63) is 0 Å². The summed E-state index contributed by atoms with van der Waals surface area (Å²) in [5.74, 6) is 0.669. The highest BCUT2D eigenvalue weighted by molar-refractivity contribution is 4.72. The Bertz CT molecular complexity index is 141. The topological polar surface area (TPSA) is 29.5 Å². The lowest BCUT2D eigenvalue weighted by Gasteiger charge is -2.28. The summed E-state index contributed by atoms with van der Waals surface area (Å²) in [7, 11) is 0. The molecule has 2 heteroatoms. The molecule has 0 aromatic carbocycles. The smallest absolute Gasteiger partial charge is 0.0598 e. The fraction of sp³-hybridized carbons (Fsp3) is 1.00. The summed E-state index contributed by atoms with van der Waals surface area (Å²) in [4.78, 5) is 0. The molecular weight excluding hydrogens is 164 g/mol. The van der Waals surface area contributed by atoms with Crippen LogP contribution in [0.5, 0.6) is 0 Å². The molecule has 13 heavy (non-hydrogen) atoms. The van der Waals surface area contributed by atoms with Crippen LogP contribution >= 0.6 is 0 Å². The van der Waals surface area contributed by atoms with Gasteiger partial charge < -0.3 is 9.84 Å². The summed E-state index contributed by atoms with van der Waals surface area (Å²) in [6.07, 6.45) is 4.11. The van der Waals surface area contributed by atoms with E-state index in [4.69, 9.17) is 4.74 Å². The van der Waals surface area contributed by atoms with Crippen LogP contribution in [0.15, 0.2) is 0 Å². The lowest BCUT2D eigenvalue weighted by Crippen LogP contribution is -2.27. The first kappa shape index (κ1) is 11.0. The van der Waals surface area contributed by atoms with Crippen LogP contribution in [-0.2, 0) is 4.74 Å². The van der Waals surface area contributed by atoms with Crippen molar-refractivity contribution in [2.24, 2.45) is 5.92 Å². The second kappa shape index (κ2) is 4.43. The monoisotopic (exact) mass is 186 g/mol. The molecule has 2 nitrogen and oxygen atoms in total. The Morgan fingerprint density at radius 2 is 1.69 bits per heavy atom. The second-order valence-electron chi connectivity index (χ2n) is 5.10. The number of hydrogen-bond acceptors (Lipinski definition) is 2. The van der Waals surface area contributed by atoms with E-state index in [1.165, 1.54) is 0 Å². The van der Waals surface area contributed by atoms with Gasteiger partial charge in [-0.25, -0.2) is 0 Å². The van der Waals surface area contributed by atoms with Gasteiger partial charge in [-0.15, -0.1) is 0 Å². The predicted molar refractivity (Wildman–Crippen MR) is 53.7 cm³/mol. The Kier molecular flexibility index (Phi) is 3.74. The second-order valence-corrected chi connectivity index (χ2v) is 5.10. The van der Waals surface area contributed by atoms with Gasteiger partial charge in [-0.2, -0.15) is 0 Å². The molecule has 0 amide bonds. The van der Waals surface area contributed by atoms with E-state index in [-0.39, 0.29) is 11.7 Å². The molecular formula is C11H22O2. The summed E-state index contributed by atoms with van der Waals surface area (Å²) >= 11 is 0. The van der Waals surface area contributed by atoms with E-state index in [9.17, 15) is 5.11 Å². The fourth-order valence-corrected chi connectivity index (χ4v) is 1.68. The first-order chi connectivity index (χ1) is 5.97. The fourth-order valence-electron chi connectivity index (χ4n) is 1.68. The van der Waals surface area contributed by atoms with Crippen LogP contribution in [0.3, 0.4) is 0 Å². The predicted octanol–water partition coefficient (Wildman–Crippen LogP) is 2.35. The Balaban J connectivity index is 2.16. The van der Waals surface area contributed by atoms with Crippen molar-refractivity contribution in [3.8, 4) is 0 Å². The molecule has 0 aromatic heterocycles. The van der Waals surface area contributed by atoms with E-state index in [0.29, 0.717) is 5.92 Å². The summed E-state index contributed by atoms with van der Waals surface area (Å²) in [6, 6.07) is 0. The van der Waals surface area contributed by atoms with Crippen LogP contribution < -0.4 is 0 Å². The van der Waals surface area contributed by atoms with Crippen molar-refractivity contribution in [1.29, 1.82) is 0 Å². The maximum Gasteiger partial charge on any atom is 0.0598 e. The van der Waals surface area contributed by atoms with E-state index >= 15 is 0 Å². The minimum atomic E-state index is -0.0501. The van der Waals surface area contributed by atoms with E-state index in [0.717, 1.165) is 32.3 Å². The van der Waals surface area contributed by atoms with Crippen molar-refractivity contribution in [3.63, 3.8) is 0 Å². The Hall–Kier alpha value is -0.0800. The highest BCUT2D eigenvalue weighted by Crippen LogP contribution is 2.25. The van der Waals surface area contributed by atoms with Crippen LogP contribution in [0.4, 0.5) is 0 Å². The third-order valence-electron chi connectivity index (χ3n) is 2.57. The third-order valence-corrected chi connectivity index (χ3v) is 2.57. The molecule has 1 aliphatic carbocycles. The molecule has 1 aliphatic rings. The zero-order chi connectivity index (χ0) is 9.90. The van der Waals surface area contributed by atoms with Gasteiger partial charge >= 0.3 is 0 Å². The van der Waals surface area contributed by atoms with Gasteiger partial charge in [-0.05, 0) is 52.4 Å². The summed E-state index contributed by atoms with van der Waals surface area (Å²) in [6.45, 7) is 7.12. The molecule has 1 N–H and O–H groups in total. The number of hydrogen-bond donors (Lipinski definition) is 1. The van der Waals surface area contributed by atoms with Gasteiger partial charge in [0.15, 0.2) is 0 Å². The maximum atomic E-state index is 9.31. The Morgan fingerprint density at radius 3 is 2.15 bits per heavy atom. The lowest BCUT2D eigenvalue weighted by molar-refractivity contribution is -0.0346. The molecule has 1 fully saturated rings. The average Bonchev–Trinajstić information content (AvgIpc) is 2.02. The zero-order valence-corrected chi connectivity index (χ0v) is 9.05. The van der Waals surface area contributed by atoms with Gasteiger partial charge in [0.05, 0.1) is 18.3 Å². The first-order valence-corrected chi connectivity index (χ1v) is 5.29. The minimum Gasteiger partial charge on any atom is -0.393 e. The van der Waals surface area contributed by atoms with Crippen LogP contribution in [0.25, 0.3) is 0 Å². The minimum absolute atomic E-state index is 0.0178. The number of aliphatic hydroxyl groups excluding tert-OH is 1. The van der Waals surface area contributed by atoms with Crippen molar-refractivity contribution < 1.29 is 9.84 Å². The quantitative estimate of drug-likeness (QED) is 0.717. The average molecular weight is 186 g/mol. The number of ether oxygens (including phenoxy) is 1. The van der Waals surface area contributed by atoms with Crippen molar-refractivity contribution in [1.82, 2.24) is 0 Å². The summed E-state index contributed by atoms with van der Waals surface area (Å²) in [5.41, 5.74) is -0.0178. The molecule has 0 unspecified atom stereocenters. The molecule has 78 valence electrons. The van der Waals surface area contributed by atoms with Crippen LogP contribution in [0, 0.1) is 5.92 Å². The summed E-state index contributed by atoms with van der Waals surface area (Å²) in [5, 5.41) is 9.31. The SMILES string of the molecule is CC(C)(C)OC[C@H]1CC[C@H](O)CC1. The van der Waals surface area contributed by atoms with Crippen molar-refractivity contribution >= 4 is 0 Å². The maximum absolute atomic E-state index is 9.31. The largest absolute Gasteiger partial charge is 0.393 e. The highest BCUT2D eigenvalue weighted by atomic mass is 16.5. The van der Waals surface area contributed by atoms with Gasteiger partial charge in [0.1, 0.15) is 0 Å². The molecule has 0 saturated heterocycles. The summed E-state index contributed by atoms with van der Waals surface area (Å²) < 4.78 is 5.72. The van der Waals surface area contributed by atoms with Crippen LogP contribution in [-0.4, -0.2) is 23.4 Å². The van der Waals surface area contributed by atoms with Gasteiger partial charge in [0.2, 0.25) is 0 Å². The van der Waals surface area contributed by atoms with E-state index in [1.54, 1.807) is 0 Å². The lowest BCUT2D eigenvalue weighted by atomic mass is 9.88. The molecule has 0 heterocycles. The number of aliphatic hydroxyl groups is 1. The van der Waals surface area contributed by atoms with Gasteiger partial charge in [-0.3, -0.25) is 0 Å². The van der Waals surface area contributed by atoms with Gasteiger partial charge in [0, 0.05) is 0 Å². The van der Waals surface area contributed by atoms with Crippen LogP contribution in [0.2, 0.25) is 0 Å². The standard InChI is InChI=1S/C11H22O2/c1-11(2,3)13-8-9-4-6-10(12)7-5-9/h9-10,12H,4-8H2,1-3H3/t9-,10-. The van der Waals surface area contributed by atoms with Crippen molar-refractivity contribution in [2.45, 2.75) is 58.2 Å². The van der Waals surface area contributed by atoms with E-state index in [1.807, 2.05) is 0 Å². The molecule has 0 bridgehead atoms. The molecule has 0 radical (unpaired) electrons. The zero-order valence-electron chi connectivity index (χ0n) is 9.05. The van der Waals surface area contributed by atoms with E-state index in [2.05, 4.69) is 20.8 Å². The van der Waals surface area contributed by atoms with Crippen molar-refractivity contribution in [2.75, 3.05) is 6.61 Å². The normalized spacial score (nSPS) is 30.5. The van der Waals surface area contributed by atoms with Gasteiger partial charge in [-0.1, -0.05) is 0 Å². The molecule has 0 aromatic rings. The molecule has 1 rings (SSSR count). The Morgan fingerprint density at radius 1 is 1.15 bits per heavy atom. The Labute approximate surface area is 81.3 Å². The van der Waals surface area contributed by atoms with Crippen LogP contribution in [0.1, 0.15) is 46.5 Å². The first-order valence-electron chi connectivity index (χ1n) is 5.29. The van der Waals surface area contributed by atoms with Gasteiger partial charge in [0.25, 0.3) is 0 Å².